The summed E-state index contributed by atoms with van der Waals surface area (Å²) in [6.07, 6.45) is 1.42. The van der Waals surface area contributed by atoms with Gasteiger partial charge < -0.3 is 20.3 Å². The Bertz CT molecular complexity index is 1570. The van der Waals surface area contributed by atoms with Gasteiger partial charge in [0.25, 0.3) is 5.91 Å². The van der Waals surface area contributed by atoms with Gasteiger partial charge in [0.15, 0.2) is 0 Å². The second-order valence-electron chi connectivity index (χ2n) is 10.1. The smallest absolute Gasteiger partial charge is 0.265 e. The van der Waals surface area contributed by atoms with Gasteiger partial charge in [0, 0.05) is 16.8 Å². The number of nitrogens with zero attached hydrogens (tertiary/aromatic N) is 1. The zero-order valence-electron chi connectivity index (χ0n) is 23.7. The number of likely N-dealkylation sites (N-methyl/N-ethyl adjacent to an activating group) is 1. The van der Waals surface area contributed by atoms with Crippen LogP contribution in [0.25, 0.3) is 10.8 Å². The molecule has 0 saturated carbocycles. The molecule has 2 unspecified atom stereocenters. The second-order valence-corrected chi connectivity index (χ2v) is 11.9. The number of nitrogens with one attached hydrogen (secondary N) is 3. The molecule has 0 radical (unpaired) electrons. The van der Waals surface area contributed by atoms with Gasteiger partial charge in [0.2, 0.25) is 21.8 Å². The monoisotopic (exact) mass is 580 g/mol. The summed E-state index contributed by atoms with van der Waals surface area (Å²) in [6, 6.07) is 14.9. The van der Waals surface area contributed by atoms with Gasteiger partial charge >= 0.3 is 0 Å². The SMILES string of the molecule is CCCS(=O)(=O)NC(=O)c1cccc2c(CN3C(=O)C(NC(=O)C(C)NC)CCc4ccccc43)c(OC)ccc12. The minimum absolute atomic E-state index is 0.101. The average Bonchev–Trinajstić information content (AvgIpc) is 3.08. The van der Waals surface area contributed by atoms with Gasteiger partial charge in [0.1, 0.15) is 11.8 Å². The van der Waals surface area contributed by atoms with Crippen LogP contribution >= 0.6 is 0 Å². The Labute approximate surface area is 240 Å². The Morgan fingerprint density at radius 1 is 1.07 bits per heavy atom. The van der Waals surface area contributed by atoms with Crippen molar-refractivity contribution >= 4 is 44.2 Å². The van der Waals surface area contributed by atoms with Crippen molar-refractivity contribution in [3.05, 3.63) is 71.3 Å². The molecule has 2 atom stereocenters. The van der Waals surface area contributed by atoms with Gasteiger partial charge in [-0.3, -0.25) is 14.4 Å². The van der Waals surface area contributed by atoms with E-state index in [0.717, 1.165) is 11.3 Å². The average molecular weight is 581 g/mol. The lowest BCUT2D eigenvalue weighted by molar-refractivity contribution is -0.128. The van der Waals surface area contributed by atoms with Crippen molar-refractivity contribution in [2.24, 2.45) is 0 Å². The lowest BCUT2D eigenvalue weighted by Gasteiger charge is -2.28. The lowest BCUT2D eigenvalue weighted by Crippen LogP contribution is -2.52. The fraction of sp³-hybridized carbons (Fsp3) is 0.367. The summed E-state index contributed by atoms with van der Waals surface area (Å²) in [7, 11) is -0.569. The van der Waals surface area contributed by atoms with Crippen molar-refractivity contribution in [1.29, 1.82) is 0 Å². The van der Waals surface area contributed by atoms with Crippen LogP contribution in [0.1, 0.15) is 48.2 Å². The highest BCUT2D eigenvalue weighted by Crippen LogP contribution is 2.35. The Kier molecular flexibility index (Phi) is 9.29. The first-order chi connectivity index (χ1) is 19.6. The fourth-order valence-corrected chi connectivity index (χ4v) is 6.10. The number of carbonyl (C=O) groups is 3. The molecular weight excluding hydrogens is 544 g/mol. The predicted octanol–water partition coefficient (Wildman–Crippen LogP) is 2.89. The Hall–Kier alpha value is -3.96. The number of sulfonamides is 1. The maximum absolute atomic E-state index is 14.0. The molecule has 218 valence electrons. The first-order valence-electron chi connectivity index (χ1n) is 13.6. The maximum atomic E-state index is 14.0. The van der Waals surface area contributed by atoms with E-state index in [0.29, 0.717) is 41.3 Å². The zero-order valence-corrected chi connectivity index (χ0v) is 24.5. The van der Waals surface area contributed by atoms with Crippen LogP contribution in [0.3, 0.4) is 0 Å². The highest BCUT2D eigenvalue weighted by molar-refractivity contribution is 7.90. The summed E-state index contributed by atoms with van der Waals surface area (Å²) < 4.78 is 32.4. The number of methoxy groups -OCH3 is 1. The maximum Gasteiger partial charge on any atom is 0.265 e. The van der Waals surface area contributed by atoms with E-state index in [-0.39, 0.29) is 29.7 Å². The van der Waals surface area contributed by atoms with Gasteiger partial charge in [-0.15, -0.1) is 0 Å². The first-order valence-corrected chi connectivity index (χ1v) is 15.3. The number of ether oxygens (including phenoxy) is 1. The summed E-state index contributed by atoms with van der Waals surface area (Å²) >= 11 is 0. The molecule has 1 heterocycles. The Balaban J connectivity index is 1.79. The second kappa shape index (κ2) is 12.7. The summed E-state index contributed by atoms with van der Waals surface area (Å²) in [5, 5.41) is 6.96. The van der Waals surface area contributed by atoms with Crippen LogP contribution in [0.4, 0.5) is 5.69 Å². The number of para-hydroxylation sites is 1. The number of fused-ring (bicyclic) bond motifs is 2. The highest BCUT2D eigenvalue weighted by atomic mass is 32.2. The molecular formula is C30H36N4O6S. The topological polar surface area (TPSA) is 134 Å². The van der Waals surface area contributed by atoms with Gasteiger partial charge in [-0.2, -0.15) is 0 Å². The number of rotatable bonds is 10. The molecule has 3 aromatic rings. The van der Waals surface area contributed by atoms with E-state index in [9.17, 15) is 22.8 Å². The number of benzene rings is 3. The zero-order chi connectivity index (χ0) is 29.7. The highest BCUT2D eigenvalue weighted by Gasteiger charge is 2.33. The minimum atomic E-state index is -3.78. The number of amides is 3. The van der Waals surface area contributed by atoms with Gasteiger partial charge in [-0.05, 0) is 73.8 Å². The molecule has 1 aliphatic rings. The summed E-state index contributed by atoms with van der Waals surface area (Å²) in [6.45, 7) is 3.55. The largest absolute Gasteiger partial charge is 0.496 e. The van der Waals surface area contributed by atoms with Crippen LogP contribution in [0.5, 0.6) is 5.75 Å². The van der Waals surface area contributed by atoms with Crippen LogP contribution in [-0.4, -0.2) is 58.1 Å². The number of hydrogen-bond acceptors (Lipinski definition) is 7. The van der Waals surface area contributed by atoms with Crippen molar-refractivity contribution < 1.29 is 27.5 Å². The third-order valence-corrected chi connectivity index (χ3v) is 8.77. The van der Waals surface area contributed by atoms with Gasteiger partial charge in [0.05, 0.1) is 25.4 Å². The normalized spacial score (nSPS) is 16.0. The molecule has 4 rings (SSSR count). The van der Waals surface area contributed by atoms with Crippen molar-refractivity contribution in [3.8, 4) is 5.75 Å². The van der Waals surface area contributed by atoms with E-state index in [1.165, 1.54) is 7.11 Å². The van der Waals surface area contributed by atoms with Crippen molar-refractivity contribution in [3.63, 3.8) is 0 Å². The van der Waals surface area contributed by atoms with Gasteiger partial charge in [-0.25, -0.2) is 13.1 Å². The quantitative estimate of drug-likeness (QED) is 0.336. The molecule has 0 spiro atoms. The van der Waals surface area contributed by atoms with Crippen molar-refractivity contribution in [2.45, 2.75) is 51.7 Å². The molecule has 10 nitrogen and oxygen atoms in total. The Morgan fingerprint density at radius 3 is 2.54 bits per heavy atom. The Morgan fingerprint density at radius 2 is 1.83 bits per heavy atom. The molecule has 0 bridgehead atoms. The molecule has 3 N–H and O–H groups in total. The fourth-order valence-electron chi connectivity index (χ4n) is 5.07. The molecule has 3 amide bonds. The number of aryl methyl sites for hydroxylation is 1. The van der Waals surface area contributed by atoms with Crippen molar-refractivity contribution in [1.82, 2.24) is 15.4 Å². The molecule has 3 aromatic carbocycles. The van der Waals surface area contributed by atoms with E-state index in [4.69, 9.17) is 4.74 Å². The number of anilines is 1. The minimum Gasteiger partial charge on any atom is -0.496 e. The van der Waals surface area contributed by atoms with E-state index >= 15 is 0 Å². The lowest BCUT2D eigenvalue weighted by atomic mass is 9.98. The molecule has 0 aliphatic carbocycles. The van der Waals surface area contributed by atoms with Crippen LogP contribution in [0, 0.1) is 0 Å². The van der Waals surface area contributed by atoms with Gasteiger partial charge in [-0.1, -0.05) is 37.3 Å². The van der Waals surface area contributed by atoms with E-state index < -0.39 is 28.0 Å². The third kappa shape index (κ3) is 6.52. The molecule has 0 aromatic heterocycles. The van der Waals surface area contributed by atoms with Crippen LogP contribution < -0.4 is 25.0 Å². The van der Waals surface area contributed by atoms with Crippen LogP contribution in [0.2, 0.25) is 0 Å². The number of carbonyl (C=O) groups excluding carboxylic acids is 3. The van der Waals surface area contributed by atoms with E-state index in [1.807, 2.05) is 30.3 Å². The first kappa shape index (κ1) is 30.0. The molecule has 0 saturated heterocycles. The molecule has 0 fully saturated rings. The predicted molar refractivity (Wildman–Crippen MR) is 158 cm³/mol. The molecule has 11 heteroatoms. The summed E-state index contributed by atoms with van der Waals surface area (Å²) in [5.74, 6) is -0.909. The van der Waals surface area contributed by atoms with Crippen LogP contribution in [0.15, 0.2) is 54.6 Å². The molecule has 1 aliphatic heterocycles. The standard InChI is InChI=1S/C30H36N4O6S/c1-5-17-41(38,39)33-29(36)23-11-8-10-21-22(23)14-16-27(40-4)24(21)18-34-26-12-7-6-9-20(26)13-15-25(30(34)37)32-28(35)19(2)31-3/h6-12,14,16,19,25,31H,5,13,15,17-18H2,1-4H3,(H,32,35)(H,33,36). The van der Waals surface area contributed by atoms with Crippen LogP contribution in [-0.2, 0) is 32.6 Å². The van der Waals surface area contributed by atoms with E-state index in [2.05, 4.69) is 15.4 Å². The van der Waals surface area contributed by atoms with E-state index in [1.54, 1.807) is 50.1 Å². The van der Waals surface area contributed by atoms with Crippen molar-refractivity contribution in [2.75, 3.05) is 24.8 Å². The summed E-state index contributed by atoms with van der Waals surface area (Å²) in [4.78, 5) is 41.4. The third-order valence-electron chi connectivity index (χ3n) is 7.32. The number of hydrogen-bond donors (Lipinski definition) is 3. The molecule has 41 heavy (non-hydrogen) atoms. The summed E-state index contributed by atoms with van der Waals surface area (Å²) in [5.41, 5.74) is 2.55.